The van der Waals surface area contributed by atoms with E-state index in [4.69, 9.17) is 10.8 Å². The smallest absolute Gasteiger partial charge is 0.322 e. The number of phenolic OH excluding ortho intramolecular Hbond substituents is 1. The lowest BCUT2D eigenvalue weighted by atomic mass is 9.96. The fourth-order valence-corrected chi connectivity index (χ4v) is 4.67. The molecule has 4 amide bonds. The van der Waals surface area contributed by atoms with E-state index in [9.17, 15) is 34.2 Å². The van der Waals surface area contributed by atoms with E-state index in [1.54, 1.807) is 25.3 Å². The van der Waals surface area contributed by atoms with Gasteiger partial charge >= 0.3 is 5.97 Å². The van der Waals surface area contributed by atoms with Crippen LogP contribution in [0.1, 0.15) is 31.4 Å². The third-order valence-corrected chi connectivity index (χ3v) is 7.48. The number of aromatic nitrogens is 1. The number of carboxylic acid groups (broad SMARTS) is 1. The summed E-state index contributed by atoms with van der Waals surface area (Å²) in [6, 6.07) is 8.48. The molecule has 1 aromatic heterocycles. The molecule has 0 unspecified atom stereocenters. The summed E-state index contributed by atoms with van der Waals surface area (Å²) in [5.74, 6) is -4.54. The molecule has 3 rings (SSSR count). The maximum absolute atomic E-state index is 13.8. The first-order valence-electron chi connectivity index (χ1n) is 14.5. The summed E-state index contributed by atoms with van der Waals surface area (Å²) in [6.07, 6.45) is 2.15. The number of carbonyl (C=O) groups excluding carboxylic acids is 4. The number of benzene rings is 2. The number of rotatable bonds is 16. The molecule has 5 atom stereocenters. The van der Waals surface area contributed by atoms with Crippen molar-refractivity contribution in [2.24, 2.45) is 11.7 Å². The number of H-pyrrole nitrogens is 1. The fourth-order valence-electron chi connectivity index (χ4n) is 4.67. The van der Waals surface area contributed by atoms with Crippen LogP contribution in [0.15, 0.2) is 54.7 Å². The van der Waals surface area contributed by atoms with Crippen molar-refractivity contribution in [1.29, 1.82) is 0 Å². The number of aliphatic hydroxyl groups is 1. The van der Waals surface area contributed by atoms with E-state index in [1.807, 2.05) is 31.2 Å². The van der Waals surface area contributed by atoms with Gasteiger partial charge in [-0.15, -0.1) is 0 Å². The van der Waals surface area contributed by atoms with Gasteiger partial charge < -0.3 is 47.3 Å². The van der Waals surface area contributed by atoms with Gasteiger partial charge in [-0.25, -0.2) is 0 Å². The van der Waals surface area contributed by atoms with Crippen molar-refractivity contribution in [2.75, 3.05) is 13.2 Å². The number of fused-ring (bicyclic) bond motifs is 1. The highest BCUT2D eigenvalue weighted by Crippen LogP contribution is 2.20. The van der Waals surface area contributed by atoms with E-state index in [1.165, 1.54) is 12.1 Å². The SMILES string of the molecule is CC[C@H](C)[C@H](NC(=O)[C@H](Cc1c[nH]c2ccccc12)NC(=O)[C@H](Cc1ccc(O)cc1)NC(=O)[C@@H](N)CO)C(=O)NCC(=O)O. The molecule has 0 radical (unpaired) electrons. The lowest BCUT2D eigenvalue weighted by Crippen LogP contribution is -2.59. The van der Waals surface area contributed by atoms with Gasteiger partial charge in [-0.3, -0.25) is 24.0 Å². The zero-order valence-corrected chi connectivity index (χ0v) is 25.1. The Balaban J connectivity index is 1.93. The zero-order chi connectivity index (χ0) is 33.1. The molecule has 45 heavy (non-hydrogen) atoms. The van der Waals surface area contributed by atoms with Gasteiger partial charge in [0.15, 0.2) is 0 Å². The predicted molar refractivity (Wildman–Crippen MR) is 165 cm³/mol. The van der Waals surface area contributed by atoms with Gasteiger partial charge in [0.2, 0.25) is 23.6 Å². The molecule has 0 spiro atoms. The van der Waals surface area contributed by atoms with E-state index in [2.05, 4.69) is 26.3 Å². The summed E-state index contributed by atoms with van der Waals surface area (Å²) in [4.78, 5) is 67.2. The quantitative estimate of drug-likeness (QED) is 0.101. The molecule has 0 aliphatic carbocycles. The number of aromatic amines is 1. The Morgan fingerprint density at radius 2 is 1.49 bits per heavy atom. The van der Waals surface area contributed by atoms with Crippen molar-refractivity contribution in [1.82, 2.24) is 26.3 Å². The number of amides is 4. The maximum Gasteiger partial charge on any atom is 0.322 e. The molecular formula is C31H40N6O8. The molecule has 0 saturated heterocycles. The molecule has 14 nitrogen and oxygen atoms in total. The second-order valence-electron chi connectivity index (χ2n) is 10.8. The maximum atomic E-state index is 13.8. The van der Waals surface area contributed by atoms with Crippen LogP contribution in [0.4, 0.5) is 0 Å². The van der Waals surface area contributed by atoms with Crippen molar-refractivity contribution in [3.8, 4) is 5.75 Å². The van der Waals surface area contributed by atoms with Crippen molar-refractivity contribution in [3.63, 3.8) is 0 Å². The Kier molecular flexibility index (Phi) is 12.4. The van der Waals surface area contributed by atoms with Crippen LogP contribution in [0.25, 0.3) is 10.9 Å². The first kappa shape index (κ1) is 34.5. The number of aliphatic hydroxyl groups excluding tert-OH is 1. The van der Waals surface area contributed by atoms with Gasteiger partial charge in [-0.2, -0.15) is 0 Å². The molecule has 10 N–H and O–H groups in total. The zero-order valence-electron chi connectivity index (χ0n) is 25.1. The summed E-state index contributed by atoms with van der Waals surface area (Å²) < 4.78 is 0. The molecule has 0 aliphatic rings. The van der Waals surface area contributed by atoms with Crippen LogP contribution < -0.4 is 27.0 Å². The van der Waals surface area contributed by atoms with Crippen LogP contribution in [-0.2, 0) is 36.8 Å². The second kappa shape index (κ2) is 16.2. The predicted octanol–water partition coefficient (Wildman–Crippen LogP) is -0.320. The summed E-state index contributed by atoms with van der Waals surface area (Å²) in [7, 11) is 0. The molecule has 14 heteroatoms. The standard InChI is InChI=1S/C31H40N6O8/c1-3-17(2)27(31(45)34-15-26(40)41)37-30(44)25(13-19-14-33-23-7-5-4-6-21(19)23)36-29(43)24(35-28(42)22(32)16-38)12-18-8-10-20(39)11-9-18/h4-11,14,17,22,24-25,27,33,38-39H,3,12-13,15-16,32H2,1-2H3,(H,34,45)(H,35,42)(H,36,43)(H,37,44)(H,40,41)/t17-,22-,24-,25-,27-/m0/s1. The monoisotopic (exact) mass is 624 g/mol. The van der Waals surface area contributed by atoms with Crippen LogP contribution in [0.2, 0.25) is 0 Å². The highest BCUT2D eigenvalue weighted by molar-refractivity contribution is 5.96. The van der Waals surface area contributed by atoms with Gasteiger partial charge in [0.25, 0.3) is 0 Å². The lowest BCUT2D eigenvalue weighted by Gasteiger charge is -2.28. The van der Waals surface area contributed by atoms with Crippen molar-refractivity contribution in [3.05, 3.63) is 65.9 Å². The Labute approximate surface area is 259 Å². The van der Waals surface area contributed by atoms with Crippen LogP contribution in [0.3, 0.4) is 0 Å². The topological polar surface area (TPSA) is 236 Å². The Bertz CT molecular complexity index is 1490. The van der Waals surface area contributed by atoms with Gasteiger partial charge in [-0.05, 0) is 35.2 Å². The Morgan fingerprint density at radius 3 is 2.13 bits per heavy atom. The number of hydrogen-bond acceptors (Lipinski definition) is 8. The van der Waals surface area contributed by atoms with Gasteiger partial charge in [0, 0.05) is 29.9 Å². The molecule has 0 bridgehead atoms. The van der Waals surface area contributed by atoms with E-state index in [-0.39, 0.29) is 24.5 Å². The van der Waals surface area contributed by atoms with Crippen molar-refractivity contribution >= 4 is 40.5 Å². The second-order valence-corrected chi connectivity index (χ2v) is 10.8. The van der Waals surface area contributed by atoms with Crippen LogP contribution in [-0.4, -0.2) is 87.2 Å². The number of aromatic hydroxyl groups is 1. The largest absolute Gasteiger partial charge is 0.508 e. The number of hydrogen-bond donors (Lipinski definition) is 9. The number of carboxylic acids is 1. The summed E-state index contributed by atoms with van der Waals surface area (Å²) in [5.41, 5.74) is 7.75. The average Bonchev–Trinajstić information content (AvgIpc) is 3.44. The molecule has 242 valence electrons. The summed E-state index contributed by atoms with van der Waals surface area (Å²) in [6.45, 7) is 2.25. The minimum Gasteiger partial charge on any atom is -0.508 e. The van der Waals surface area contributed by atoms with Crippen LogP contribution in [0, 0.1) is 5.92 Å². The van der Waals surface area contributed by atoms with E-state index in [0.717, 1.165) is 10.9 Å². The molecular weight excluding hydrogens is 584 g/mol. The summed E-state index contributed by atoms with van der Waals surface area (Å²) in [5, 5.41) is 39.0. The van der Waals surface area contributed by atoms with Crippen molar-refractivity contribution < 1.29 is 39.3 Å². The number of aliphatic carboxylic acids is 1. The Hall–Kier alpha value is -4.95. The molecule has 0 saturated carbocycles. The first-order chi connectivity index (χ1) is 21.4. The normalized spacial score (nSPS) is 14.4. The summed E-state index contributed by atoms with van der Waals surface area (Å²) >= 11 is 0. The number of nitrogens with one attached hydrogen (secondary N) is 5. The minimum absolute atomic E-state index is 0.00157. The third kappa shape index (κ3) is 9.78. The molecule has 2 aromatic carbocycles. The molecule has 0 fully saturated rings. The molecule has 0 aliphatic heterocycles. The Morgan fingerprint density at radius 1 is 0.867 bits per heavy atom. The van der Waals surface area contributed by atoms with E-state index in [0.29, 0.717) is 17.5 Å². The first-order valence-corrected chi connectivity index (χ1v) is 14.5. The molecule has 3 aromatic rings. The fraction of sp³-hybridized carbons (Fsp3) is 0.387. The highest BCUT2D eigenvalue weighted by Gasteiger charge is 2.33. The number of carbonyl (C=O) groups is 5. The van der Waals surface area contributed by atoms with Crippen LogP contribution >= 0.6 is 0 Å². The highest BCUT2D eigenvalue weighted by atomic mass is 16.4. The van der Waals surface area contributed by atoms with E-state index < -0.39 is 66.9 Å². The lowest BCUT2D eigenvalue weighted by molar-refractivity contribution is -0.139. The number of phenols is 1. The van der Waals surface area contributed by atoms with Gasteiger partial charge in [-0.1, -0.05) is 50.6 Å². The van der Waals surface area contributed by atoms with Crippen LogP contribution in [0.5, 0.6) is 5.75 Å². The number of nitrogens with two attached hydrogens (primary N) is 1. The van der Waals surface area contributed by atoms with Crippen molar-refractivity contribution in [2.45, 2.75) is 57.3 Å². The number of para-hydroxylation sites is 1. The average molecular weight is 625 g/mol. The third-order valence-electron chi connectivity index (χ3n) is 7.48. The molecule has 1 heterocycles. The van der Waals surface area contributed by atoms with Gasteiger partial charge in [0.1, 0.15) is 36.5 Å². The minimum atomic E-state index is -1.30. The van der Waals surface area contributed by atoms with Gasteiger partial charge in [0.05, 0.1) is 6.61 Å². The van der Waals surface area contributed by atoms with E-state index >= 15 is 0 Å².